The molecule has 2 aromatic heterocycles. The van der Waals surface area contributed by atoms with E-state index in [9.17, 15) is 19.6 Å². The van der Waals surface area contributed by atoms with Crippen LogP contribution in [0.1, 0.15) is 57.6 Å². The molecule has 1 unspecified atom stereocenters. The molecule has 0 aromatic carbocycles. The molecule has 1 aliphatic heterocycles. The Morgan fingerprint density at radius 1 is 1.14 bits per heavy atom. The third kappa shape index (κ3) is 4.93. The molecule has 37 heavy (non-hydrogen) atoms. The first-order valence-electron chi connectivity index (χ1n) is 12.7. The highest BCUT2D eigenvalue weighted by Gasteiger charge is 2.51. The molecule has 0 radical (unpaired) electrons. The summed E-state index contributed by atoms with van der Waals surface area (Å²) in [6.45, 7) is 0. The van der Waals surface area contributed by atoms with Gasteiger partial charge in [0.15, 0.2) is 23.2 Å². The molecular formula is C23H31ClN5O7P. The second-order valence-corrected chi connectivity index (χ2v) is 13.6. The molecule has 5 N–H and O–H groups in total. The zero-order valence-corrected chi connectivity index (χ0v) is 21.8. The van der Waals surface area contributed by atoms with Crippen LogP contribution in [0.2, 0.25) is 5.28 Å². The van der Waals surface area contributed by atoms with Crippen molar-refractivity contribution in [3.05, 3.63) is 11.6 Å². The molecule has 2 aromatic rings. The van der Waals surface area contributed by atoms with Crippen molar-refractivity contribution in [2.24, 2.45) is 23.2 Å². The number of anilines is 1. The quantitative estimate of drug-likeness (QED) is 0.251. The summed E-state index contributed by atoms with van der Waals surface area (Å²) in [4.78, 5) is 44.2. The number of ether oxygens (including phenoxy) is 1. The van der Waals surface area contributed by atoms with Crippen LogP contribution >= 0.6 is 19.2 Å². The van der Waals surface area contributed by atoms with Crippen molar-refractivity contribution in [3.63, 3.8) is 0 Å². The van der Waals surface area contributed by atoms with E-state index in [1.165, 1.54) is 30.2 Å². The predicted molar refractivity (Wildman–Crippen MR) is 132 cm³/mol. The van der Waals surface area contributed by atoms with Gasteiger partial charge in [0.2, 0.25) is 11.2 Å². The highest BCUT2D eigenvalue weighted by molar-refractivity contribution is 7.51. The SMILES string of the molecule is O=C(CC12CC3CC(CC(C3)C1)C2)Nc1nc(Cl)nc2c1ncn2[C@@H]1O[C@H](CCP(=O)(O)O)C(O)[C@@H]1O. The maximum absolute atomic E-state index is 13.2. The number of carbonyl (C=O) groups excluding carboxylic acids is 1. The van der Waals surface area contributed by atoms with Crippen LogP contribution in [-0.4, -0.2) is 69.9 Å². The summed E-state index contributed by atoms with van der Waals surface area (Å²) in [6.07, 6.45) is 3.43. The fraction of sp³-hybridized carbons (Fsp3) is 0.739. The molecule has 4 aliphatic carbocycles. The van der Waals surface area contributed by atoms with Gasteiger partial charge in [-0.05, 0) is 79.7 Å². The van der Waals surface area contributed by atoms with Gasteiger partial charge in [-0.1, -0.05) is 0 Å². The van der Waals surface area contributed by atoms with E-state index < -0.39 is 38.3 Å². The average molecular weight is 556 g/mol. The van der Waals surface area contributed by atoms with Gasteiger partial charge in [0.25, 0.3) is 0 Å². The topological polar surface area (TPSA) is 180 Å². The summed E-state index contributed by atoms with van der Waals surface area (Å²) < 4.78 is 18.4. The van der Waals surface area contributed by atoms with E-state index in [1.54, 1.807) is 0 Å². The van der Waals surface area contributed by atoms with Gasteiger partial charge < -0.3 is 30.1 Å². The lowest BCUT2D eigenvalue weighted by Crippen LogP contribution is -2.47. The molecule has 12 nitrogen and oxygen atoms in total. The third-order valence-corrected chi connectivity index (χ3v) is 9.68. The normalized spacial score (nSPS) is 36.9. The number of halogens is 1. The molecule has 4 bridgehead atoms. The zero-order valence-electron chi connectivity index (χ0n) is 20.1. The van der Waals surface area contributed by atoms with E-state index in [2.05, 4.69) is 20.3 Å². The average Bonchev–Trinajstić information content (AvgIpc) is 3.31. The van der Waals surface area contributed by atoms with Crippen LogP contribution in [0.15, 0.2) is 6.33 Å². The van der Waals surface area contributed by atoms with E-state index in [4.69, 9.17) is 26.1 Å². The smallest absolute Gasteiger partial charge is 0.325 e. The van der Waals surface area contributed by atoms with Crippen LogP contribution in [0.3, 0.4) is 0 Å². The van der Waals surface area contributed by atoms with Crippen LogP contribution in [0.5, 0.6) is 0 Å². The molecular weight excluding hydrogens is 525 g/mol. The van der Waals surface area contributed by atoms with E-state index in [1.807, 2.05) is 0 Å². The van der Waals surface area contributed by atoms with Crippen molar-refractivity contribution in [1.82, 2.24) is 19.5 Å². The van der Waals surface area contributed by atoms with Crippen molar-refractivity contribution in [3.8, 4) is 0 Å². The second kappa shape index (κ2) is 9.22. The number of hydrogen-bond donors (Lipinski definition) is 5. The van der Waals surface area contributed by atoms with Crippen molar-refractivity contribution in [2.75, 3.05) is 11.5 Å². The van der Waals surface area contributed by atoms with Gasteiger partial charge in [-0.2, -0.15) is 9.97 Å². The molecule has 202 valence electrons. The highest BCUT2D eigenvalue weighted by Crippen LogP contribution is 2.61. The van der Waals surface area contributed by atoms with E-state index >= 15 is 0 Å². The van der Waals surface area contributed by atoms with E-state index in [0.29, 0.717) is 6.42 Å². The van der Waals surface area contributed by atoms with Crippen LogP contribution in [-0.2, 0) is 14.1 Å². The Hall–Kier alpha value is -1.66. The number of aliphatic hydroxyl groups is 2. The largest absolute Gasteiger partial charge is 0.388 e. The lowest BCUT2D eigenvalue weighted by atomic mass is 9.49. The molecule has 0 spiro atoms. The van der Waals surface area contributed by atoms with Crippen LogP contribution in [0.25, 0.3) is 11.2 Å². The van der Waals surface area contributed by atoms with E-state index in [-0.39, 0.29) is 40.0 Å². The summed E-state index contributed by atoms with van der Waals surface area (Å²) in [5.74, 6) is 2.21. The van der Waals surface area contributed by atoms with Crippen LogP contribution < -0.4 is 5.32 Å². The van der Waals surface area contributed by atoms with E-state index in [0.717, 1.165) is 37.0 Å². The van der Waals surface area contributed by atoms with Crippen molar-refractivity contribution in [1.29, 1.82) is 0 Å². The predicted octanol–water partition coefficient (Wildman–Crippen LogP) is 2.21. The number of rotatable bonds is 7. The first kappa shape index (κ1) is 25.6. The number of fused-ring (bicyclic) bond motifs is 1. The molecule has 4 saturated carbocycles. The number of nitrogens with one attached hydrogen (secondary N) is 1. The molecule has 4 atom stereocenters. The highest BCUT2D eigenvalue weighted by atomic mass is 35.5. The van der Waals surface area contributed by atoms with Gasteiger partial charge in [-0.3, -0.25) is 13.9 Å². The minimum Gasteiger partial charge on any atom is -0.388 e. The molecule has 1 amide bonds. The number of hydrogen-bond acceptors (Lipinski definition) is 8. The van der Waals surface area contributed by atoms with Gasteiger partial charge in [0.1, 0.15) is 12.2 Å². The number of amides is 1. The summed E-state index contributed by atoms with van der Waals surface area (Å²) in [5, 5.41) is 23.7. The monoisotopic (exact) mass is 555 g/mol. The lowest BCUT2D eigenvalue weighted by Gasteiger charge is -2.56. The van der Waals surface area contributed by atoms with Crippen LogP contribution in [0.4, 0.5) is 5.82 Å². The standard InChI is InChI=1S/C23H31ClN5O7P/c24-22-27-19(26-15(30)9-23-6-11-3-12(7-23)5-13(4-11)8-23)16-20(28-22)29(10-25-16)21-18(32)17(31)14(36-21)1-2-37(33,34)35/h10-14,17-18,21,31-32H,1-9H2,(H2,33,34,35)(H,26,27,28,30)/t11?,12?,13?,14-,17?,18+,21-,23?/m1/s1. The van der Waals surface area contributed by atoms with Gasteiger partial charge in [-0.25, -0.2) is 4.98 Å². The number of imidazole rings is 1. The van der Waals surface area contributed by atoms with Gasteiger partial charge >= 0.3 is 7.60 Å². The fourth-order valence-electron chi connectivity index (χ4n) is 7.68. The Kier molecular flexibility index (Phi) is 6.38. The molecule has 7 rings (SSSR count). The lowest BCUT2D eigenvalue weighted by molar-refractivity contribution is -0.124. The Balaban J connectivity index is 1.21. The summed E-state index contributed by atoms with van der Waals surface area (Å²) in [5.41, 5.74) is 0.498. The summed E-state index contributed by atoms with van der Waals surface area (Å²) in [7, 11) is -4.30. The maximum Gasteiger partial charge on any atom is 0.325 e. The summed E-state index contributed by atoms with van der Waals surface area (Å²) in [6, 6.07) is 0. The first-order valence-corrected chi connectivity index (χ1v) is 14.9. The van der Waals surface area contributed by atoms with Crippen LogP contribution in [0, 0.1) is 23.2 Å². The Labute approximate surface area is 218 Å². The maximum atomic E-state index is 13.2. The molecule has 1 saturated heterocycles. The summed E-state index contributed by atoms with van der Waals surface area (Å²) >= 11 is 6.18. The third-order valence-electron chi connectivity index (χ3n) is 8.67. The molecule has 5 aliphatic rings. The Morgan fingerprint density at radius 3 is 2.41 bits per heavy atom. The minimum absolute atomic E-state index is 0.0498. The number of aromatic nitrogens is 4. The van der Waals surface area contributed by atoms with Crippen molar-refractivity contribution < 1.29 is 34.1 Å². The number of aliphatic hydroxyl groups excluding tert-OH is 2. The second-order valence-electron chi connectivity index (χ2n) is 11.5. The van der Waals surface area contributed by atoms with Gasteiger partial charge in [0, 0.05) is 6.42 Å². The Morgan fingerprint density at radius 2 is 1.78 bits per heavy atom. The first-order chi connectivity index (χ1) is 17.5. The van der Waals surface area contributed by atoms with Gasteiger partial charge in [0.05, 0.1) is 18.6 Å². The minimum atomic E-state index is -4.30. The fourth-order valence-corrected chi connectivity index (χ4v) is 8.44. The zero-order chi connectivity index (χ0) is 26.1. The number of nitrogens with zero attached hydrogens (tertiary/aromatic N) is 4. The van der Waals surface area contributed by atoms with Crippen molar-refractivity contribution >= 4 is 42.1 Å². The Bertz CT molecular complexity index is 1230. The van der Waals surface area contributed by atoms with Gasteiger partial charge in [-0.15, -0.1) is 0 Å². The number of carbonyl (C=O) groups is 1. The molecule has 14 heteroatoms. The molecule has 5 fully saturated rings. The van der Waals surface area contributed by atoms with Crippen molar-refractivity contribution in [2.45, 2.75) is 75.9 Å². The molecule has 3 heterocycles.